The average molecular weight is 474 g/mol. The van der Waals surface area contributed by atoms with E-state index in [0.717, 1.165) is 22.4 Å². The van der Waals surface area contributed by atoms with Gasteiger partial charge in [0.05, 0.1) is 29.5 Å². The first-order valence-electron chi connectivity index (χ1n) is 11.0. The minimum atomic E-state index is -1.03. The summed E-state index contributed by atoms with van der Waals surface area (Å²) in [5.74, 6) is -2.83. The molecule has 0 unspecified atom stereocenters. The number of hydrogen-bond acceptors (Lipinski definition) is 6. The number of amides is 1. The molecule has 6 nitrogen and oxygen atoms in total. The van der Waals surface area contributed by atoms with Gasteiger partial charge in [-0.15, -0.1) is 11.3 Å². The van der Waals surface area contributed by atoms with Gasteiger partial charge in [0.25, 0.3) is 5.91 Å². The Labute approximate surface area is 207 Å². The molecule has 3 aromatic carbocycles. The van der Waals surface area contributed by atoms with Gasteiger partial charge in [-0.1, -0.05) is 91.0 Å². The number of benzene rings is 3. The summed E-state index contributed by atoms with van der Waals surface area (Å²) in [6.07, 6.45) is 0. The minimum Gasteiger partial charge on any atom is -0.272 e. The fourth-order valence-corrected chi connectivity index (χ4v) is 5.11. The van der Waals surface area contributed by atoms with E-state index in [1.807, 2.05) is 96.4 Å². The predicted octanol–water partition coefficient (Wildman–Crippen LogP) is 5.62. The maximum atomic E-state index is 13.9. The first-order valence-corrected chi connectivity index (χ1v) is 11.9. The lowest BCUT2D eigenvalue weighted by Crippen LogP contribution is -2.35. The summed E-state index contributed by atoms with van der Waals surface area (Å²) in [6.45, 7) is 0. The Bertz CT molecular complexity index is 1440. The van der Waals surface area contributed by atoms with Gasteiger partial charge in [0, 0.05) is 16.9 Å². The molecule has 0 aliphatic carbocycles. The molecule has 168 valence electrons. The lowest BCUT2D eigenvalue weighted by molar-refractivity contribution is -0.120. The van der Waals surface area contributed by atoms with E-state index in [0.29, 0.717) is 10.8 Å². The number of carbonyl (C=O) groups excluding carboxylic acids is 1. The summed E-state index contributed by atoms with van der Waals surface area (Å²) in [7, 11) is 0. The van der Waals surface area contributed by atoms with Crippen LogP contribution in [0.4, 0.5) is 5.13 Å². The third kappa shape index (κ3) is 4.21. The van der Waals surface area contributed by atoms with E-state index in [-0.39, 0.29) is 5.91 Å². The van der Waals surface area contributed by atoms with E-state index in [9.17, 15) is 15.3 Å². The zero-order valence-electron chi connectivity index (χ0n) is 18.5. The van der Waals surface area contributed by atoms with Gasteiger partial charge in [-0.25, -0.2) is 4.98 Å². The summed E-state index contributed by atoms with van der Waals surface area (Å²) < 4.78 is 0. The van der Waals surface area contributed by atoms with Gasteiger partial charge in [0.2, 0.25) is 5.13 Å². The molecular weight excluding hydrogens is 454 g/mol. The summed E-state index contributed by atoms with van der Waals surface area (Å²) in [5.41, 5.74) is 3.74. The van der Waals surface area contributed by atoms with E-state index in [4.69, 9.17) is 5.10 Å². The van der Waals surface area contributed by atoms with Crippen LogP contribution in [0.2, 0.25) is 0 Å². The van der Waals surface area contributed by atoms with Crippen LogP contribution in [0.1, 0.15) is 17.0 Å². The van der Waals surface area contributed by atoms with E-state index >= 15 is 0 Å². The Balaban J connectivity index is 1.62. The standard InChI is InChI=1S/C28H19N5OS/c29-16-22(17-30)24(20-12-6-2-7-13-20)25-26(21-14-8-3-9-15-21)32-33(27(25)34)28-31-23(18-35-28)19-10-4-1-5-11-19/h1-15,18,22,24-25H/t24-,25-/m0/s1. The van der Waals surface area contributed by atoms with Crippen LogP contribution in [0.25, 0.3) is 11.3 Å². The SMILES string of the molecule is N#CC(C#N)[C@H](c1ccccc1)[C@@H]1C(=O)N(c2nc(-c3ccccc3)cs2)N=C1c1ccccc1. The number of carbonyl (C=O) groups is 1. The van der Waals surface area contributed by atoms with Crippen molar-refractivity contribution in [2.75, 3.05) is 5.01 Å². The number of hydrazone groups is 1. The van der Waals surface area contributed by atoms with E-state index < -0.39 is 17.8 Å². The van der Waals surface area contributed by atoms with Crippen LogP contribution < -0.4 is 5.01 Å². The molecular formula is C28H19N5OS. The van der Waals surface area contributed by atoms with Crippen molar-refractivity contribution >= 4 is 28.1 Å². The van der Waals surface area contributed by atoms with Crippen molar-refractivity contribution < 1.29 is 4.79 Å². The van der Waals surface area contributed by atoms with Gasteiger partial charge in [-0.05, 0) is 11.1 Å². The van der Waals surface area contributed by atoms with Gasteiger partial charge >= 0.3 is 0 Å². The van der Waals surface area contributed by atoms with Crippen LogP contribution in [0.15, 0.2) is 101 Å². The molecule has 2 heterocycles. The van der Waals surface area contributed by atoms with Crippen LogP contribution in [0, 0.1) is 34.5 Å². The molecule has 35 heavy (non-hydrogen) atoms. The Hall–Kier alpha value is -4.59. The highest BCUT2D eigenvalue weighted by Gasteiger charge is 2.47. The summed E-state index contributed by atoms with van der Waals surface area (Å²) in [5, 5.41) is 28.0. The van der Waals surface area contributed by atoms with Crippen LogP contribution in [0.3, 0.4) is 0 Å². The highest BCUT2D eigenvalue weighted by atomic mass is 32.1. The molecule has 1 aromatic heterocycles. The van der Waals surface area contributed by atoms with Crippen molar-refractivity contribution in [3.63, 3.8) is 0 Å². The topological polar surface area (TPSA) is 93.1 Å². The number of aromatic nitrogens is 1. The molecule has 0 spiro atoms. The lowest BCUT2D eigenvalue weighted by Gasteiger charge is -2.25. The Morgan fingerprint density at radius 2 is 1.40 bits per heavy atom. The van der Waals surface area contributed by atoms with E-state index in [1.165, 1.54) is 16.3 Å². The van der Waals surface area contributed by atoms with Crippen LogP contribution in [-0.4, -0.2) is 16.6 Å². The number of anilines is 1. The molecule has 1 amide bonds. The largest absolute Gasteiger partial charge is 0.272 e. The molecule has 7 heteroatoms. The van der Waals surface area contributed by atoms with Crippen LogP contribution >= 0.6 is 11.3 Å². The first kappa shape index (κ1) is 22.2. The van der Waals surface area contributed by atoms with Gasteiger partial charge < -0.3 is 0 Å². The van der Waals surface area contributed by atoms with Crippen molar-refractivity contribution in [3.8, 4) is 23.4 Å². The monoisotopic (exact) mass is 473 g/mol. The molecule has 0 radical (unpaired) electrons. The zero-order valence-corrected chi connectivity index (χ0v) is 19.3. The number of nitrogens with zero attached hydrogens (tertiary/aromatic N) is 5. The van der Waals surface area contributed by atoms with Crippen molar-refractivity contribution in [1.29, 1.82) is 10.5 Å². The normalized spacial score (nSPS) is 16.0. The van der Waals surface area contributed by atoms with Gasteiger partial charge in [0.1, 0.15) is 5.92 Å². The highest BCUT2D eigenvalue weighted by molar-refractivity contribution is 7.14. The molecule has 1 aliphatic heterocycles. The number of nitriles is 2. The Morgan fingerprint density at radius 3 is 2.00 bits per heavy atom. The molecule has 0 saturated heterocycles. The van der Waals surface area contributed by atoms with Crippen molar-refractivity contribution in [3.05, 3.63) is 108 Å². The third-order valence-electron chi connectivity index (χ3n) is 5.97. The van der Waals surface area contributed by atoms with Gasteiger partial charge in [-0.3, -0.25) is 4.79 Å². The molecule has 0 N–H and O–H groups in total. The van der Waals surface area contributed by atoms with Gasteiger partial charge in [0.15, 0.2) is 0 Å². The van der Waals surface area contributed by atoms with Gasteiger partial charge in [-0.2, -0.15) is 20.6 Å². The lowest BCUT2D eigenvalue weighted by atomic mass is 9.74. The quantitative estimate of drug-likeness (QED) is 0.363. The highest BCUT2D eigenvalue weighted by Crippen LogP contribution is 2.41. The van der Waals surface area contributed by atoms with Crippen LogP contribution in [-0.2, 0) is 4.79 Å². The maximum absolute atomic E-state index is 13.9. The number of thiazole rings is 1. The summed E-state index contributed by atoms with van der Waals surface area (Å²) >= 11 is 1.33. The second-order valence-electron chi connectivity index (χ2n) is 8.03. The first-order chi connectivity index (χ1) is 17.2. The van der Waals surface area contributed by atoms with Crippen molar-refractivity contribution in [2.24, 2.45) is 16.9 Å². The Morgan fingerprint density at radius 1 is 0.829 bits per heavy atom. The molecule has 0 fully saturated rings. The van der Waals surface area contributed by atoms with Crippen LogP contribution in [0.5, 0.6) is 0 Å². The van der Waals surface area contributed by atoms with E-state index in [2.05, 4.69) is 17.1 Å². The maximum Gasteiger partial charge on any atom is 0.259 e. The minimum absolute atomic E-state index is 0.304. The number of hydrogen-bond donors (Lipinski definition) is 0. The molecule has 2 atom stereocenters. The molecule has 5 rings (SSSR count). The zero-order chi connectivity index (χ0) is 24.2. The van der Waals surface area contributed by atoms with Crippen molar-refractivity contribution in [2.45, 2.75) is 5.92 Å². The fraction of sp³-hybridized carbons (Fsp3) is 0.107. The fourth-order valence-electron chi connectivity index (χ4n) is 4.32. The predicted molar refractivity (Wildman–Crippen MR) is 135 cm³/mol. The smallest absolute Gasteiger partial charge is 0.259 e. The second kappa shape index (κ2) is 9.72. The Kier molecular flexibility index (Phi) is 6.17. The molecule has 0 saturated carbocycles. The summed E-state index contributed by atoms with van der Waals surface area (Å²) in [4.78, 5) is 18.6. The number of rotatable bonds is 6. The second-order valence-corrected chi connectivity index (χ2v) is 8.87. The summed E-state index contributed by atoms with van der Waals surface area (Å²) in [6, 6.07) is 32.6. The van der Waals surface area contributed by atoms with E-state index in [1.54, 1.807) is 0 Å². The third-order valence-corrected chi connectivity index (χ3v) is 6.79. The molecule has 0 bridgehead atoms. The molecule has 1 aliphatic rings. The molecule has 4 aromatic rings. The average Bonchev–Trinajstić information content (AvgIpc) is 3.54. The van der Waals surface area contributed by atoms with Crippen molar-refractivity contribution in [1.82, 2.24) is 4.98 Å².